The Morgan fingerprint density at radius 3 is 2.81 bits per heavy atom. The zero-order valence-corrected chi connectivity index (χ0v) is 19.1. The molecule has 0 unspecified atom stereocenters. The highest BCUT2D eigenvalue weighted by Crippen LogP contribution is 2.25. The molecule has 1 aromatic heterocycles. The van der Waals surface area contributed by atoms with Crippen LogP contribution in [0.15, 0.2) is 42.6 Å². The van der Waals surface area contributed by atoms with E-state index in [9.17, 15) is 9.59 Å². The van der Waals surface area contributed by atoms with Crippen LogP contribution < -0.4 is 5.32 Å². The van der Waals surface area contributed by atoms with Crippen LogP contribution in [0.5, 0.6) is 0 Å². The Morgan fingerprint density at radius 1 is 1.28 bits per heavy atom. The SMILES string of the molecule is CCOC1CN(C/C=C/C(=O)N2Cc3ncc(C(=O)Nc4ccccc4Cl)n3[C@H](C)C2)C1. The Kier molecular flexibility index (Phi) is 6.93. The summed E-state index contributed by atoms with van der Waals surface area (Å²) in [5.74, 6) is 0.371. The van der Waals surface area contributed by atoms with Gasteiger partial charge in [0, 0.05) is 38.9 Å². The van der Waals surface area contributed by atoms with Crippen LogP contribution in [0.3, 0.4) is 0 Å². The van der Waals surface area contributed by atoms with Gasteiger partial charge in [0.25, 0.3) is 5.91 Å². The summed E-state index contributed by atoms with van der Waals surface area (Å²) in [5, 5.41) is 3.32. The van der Waals surface area contributed by atoms with Gasteiger partial charge in [0.1, 0.15) is 11.5 Å². The lowest BCUT2D eigenvalue weighted by Crippen LogP contribution is -2.52. The largest absolute Gasteiger partial charge is 0.376 e. The minimum Gasteiger partial charge on any atom is -0.376 e. The summed E-state index contributed by atoms with van der Waals surface area (Å²) in [6, 6.07) is 7.02. The number of nitrogens with one attached hydrogen (secondary N) is 1. The first-order chi connectivity index (χ1) is 15.5. The molecule has 2 aliphatic heterocycles. The van der Waals surface area contributed by atoms with Crippen molar-refractivity contribution in [2.24, 2.45) is 0 Å². The number of aromatic nitrogens is 2. The van der Waals surface area contributed by atoms with Crippen molar-refractivity contribution in [1.82, 2.24) is 19.4 Å². The van der Waals surface area contributed by atoms with Crippen molar-refractivity contribution in [3.8, 4) is 0 Å². The van der Waals surface area contributed by atoms with Gasteiger partial charge in [0.2, 0.25) is 5.91 Å². The second-order valence-electron chi connectivity index (χ2n) is 8.13. The number of fused-ring (bicyclic) bond motifs is 1. The predicted octanol–water partition coefficient (Wildman–Crippen LogP) is 2.97. The quantitative estimate of drug-likeness (QED) is 0.646. The number of halogens is 1. The fourth-order valence-corrected chi connectivity index (χ4v) is 4.33. The minimum atomic E-state index is -0.275. The fourth-order valence-electron chi connectivity index (χ4n) is 4.15. The number of carbonyl (C=O) groups excluding carboxylic acids is 2. The second kappa shape index (κ2) is 9.85. The maximum absolute atomic E-state index is 12.8. The first-order valence-corrected chi connectivity index (χ1v) is 11.3. The van der Waals surface area contributed by atoms with Crippen molar-refractivity contribution in [2.45, 2.75) is 32.5 Å². The van der Waals surface area contributed by atoms with E-state index in [2.05, 4.69) is 15.2 Å². The fraction of sp³-hybridized carbons (Fsp3) is 0.435. The van der Waals surface area contributed by atoms with Gasteiger partial charge in [0.15, 0.2) is 0 Å². The molecule has 4 rings (SSSR count). The molecular formula is C23H28ClN5O3. The molecule has 8 nitrogen and oxygen atoms in total. The van der Waals surface area contributed by atoms with Gasteiger partial charge in [-0.2, -0.15) is 0 Å². The summed E-state index contributed by atoms with van der Waals surface area (Å²) >= 11 is 6.15. The lowest BCUT2D eigenvalue weighted by molar-refractivity contribution is -0.128. The summed E-state index contributed by atoms with van der Waals surface area (Å²) in [6.07, 6.45) is 5.40. The average Bonchev–Trinajstić information content (AvgIpc) is 3.18. The molecule has 0 radical (unpaired) electrons. The van der Waals surface area contributed by atoms with Crippen LogP contribution in [-0.4, -0.2) is 70.1 Å². The van der Waals surface area contributed by atoms with Crippen molar-refractivity contribution in [3.05, 3.63) is 59.2 Å². The van der Waals surface area contributed by atoms with Crippen molar-refractivity contribution < 1.29 is 14.3 Å². The van der Waals surface area contributed by atoms with Crippen molar-refractivity contribution >= 4 is 29.1 Å². The number of para-hydroxylation sites is 1. The summed E-state index contributed by atoms with van der Waals surface area (Å²) in [7, 11) is 0. The van der Waals surface area contributed by atoms with Crippen molar-refractivity contribution in [2.75, 3.05) is 38.1 Å². The number of rotatable bonds is 7. The molecule has 0 aliphatic carbocycles. The molecule has 1 saturated heterocycles. The van der Waals surface area contributed by atoms with Gasteiger partial charge in [-0.1, -0.05) is 29.8 Å². The van der Waals surface area contributed by atoms with E-state index in [0.717, 1.165) is 26.2 Å². The number of imidazole rings is 1. The van der Waals surface area contributed by atoms with Crippen LogP contribution in [0.25, 0.3) is 0 Å². The molecule has 1 aromatic carbocycles. The molecule has 0 bridgehead atoms. The molecular weight excluding hydrogens is 430 g/mol. The molecule has 2 aliphatic rings. The highest BCUT2D eigenvalue weighted by atomic mass is 35.5. The van der Waals surface area contributed by atoms with Crippen molar-refractivity contribution in [3.63, 3.8) is 0 Å². The van der Waals surface area contributed by atoms with E-state index in [0.29, 0.717) is 41.4 Å². The van der Waals surface area contributed by atoms with Crippen LogP contribution in [0, 0.1) is 0 Å². The Morgan fingerprint density at radius 2 is 2.06 bits per heavy atom. The molecule has 1 fully saturated rings. The minimum absolute atomic E-state index is 0.0462. The van der Waals surface area contributed by atoms with Gasteiger partial charge in [-0.05, 0) is 26.0 Å². The number of anilines is 1. The van der Waals surface area contributed by atoms with Crippen LogP contribution in [0.4, 0.5) is 5.69 Å². The first-order valence-electron chi connectivity index (χ1n) is 10.9. The number of hydrogen-bond acceptors (Lipinski definition) is 5. The summed E-state index contributed by atoms with van der Waals surface area (Å²) in [5.41, 5.74) is 1.01. The number of amides is 2. The second-order valence-corrected chi connectivity index (χ2v) is 8.54. The van der Waals surface area contributed by atoms with E-state index >= 15 is 0 Å². The van der Waals surface area contributed by atoms with Crippen LogP contribution in [0.2, 0.25) is 5.02 Å². The van der Waals surface area contributed by atoms with E-state index in [-0.39, 0.29) is 17.9 Å². The van der Waals surface area contributed by atoms with E-state index in [1.54, 1.807) is 29.3 Å². The van der Waals surface area contributed by atoms with Crippen LogP contribution in [-0.2, 0) is 16.1 Å². The van der Waals surface area contributed by atoms with Crippen LogP contribution >= 0.6 is 11.6 Å². The van der Waals surface area contributed by atoms with Gasteiger partial charge in [-0.15, -0.1) is 0 Å². The number of nitrogens with zero attached hydrogens (tertiary/aromatic N) is 4. The van der Waals surface area contributed by atoms with Gasteiger partial charge >= 0.3 is 0 Å². The maximum atomic E-state index is 12.8. The summed E-state index contributed by atoms with van der Waals surface area (Å²) in [4.78, 5) is 33.9. The number of carbonyl (C=O) groups is 2. The molecule has 3 heterocycles. The molecule has 0 saturated carbocycles. The van der Waals surface area contributed by atoms with Crippen molar-refractivity contribution in [1.29, 1.82) is 0 Å². The number of benzene rings is 1. The molecule has 2 aromatic rings. The van der Waals surface area contributed by atoms with Gasteiger partial charge < -0.3 is 19.5 Å². The smallest absolute Gasteiger partial charge is 0.273 e. The Balaban J connectivity index is 1.35. The first kappa shape index (κ1) is 22.5. The Labute approximate surface area is 192 Å². The van der Waals surface area contributed by atoms with Gasteiger partial charge in [-0.25, -0.2) is 4.98 Å². The normalized spacial score (nSPS) is 19.1. The number of hydrogen-bond donors (Lipinski definition) is 1. The third-order valence-corrected chi connectivity index (χ3v) is 6.08. The molecule has 170 valence electrons. The molecule has 2 amide bonds. The summed E-state index contributed by atoms with van der Waals surface area (Å²) < 4.78 is 7.44. The third kappa shape index (κ3) is 4.87. The average molecular weight is 458 g/mol. The highest BCUT2D eigenvalue weighted by molar-refractivity contribution is 6.33. The molecule has 9 heteroatoms. The van der Waals surface area contributed by atoms with Gasteiger partial charge in [0.05, 0.1) is 35.6 Å². The monoisotopic (exact) mass is 457 g/mol. The predicted molar refractivity (Wildman–Crippen MR) is 123 cm³/mol. The highest BCUT2D eigenvalue weighted by Gasteiger charge is 2.30. The lowest BCUT2D eigenvalue weighted by atomic mass is 10.1. The van der Waals surface area contributed by atoms with E-state index in [1.165, 1.54) is 0 Å². The Bertz CT molecular complexity index is 1010. The zero-order chi connectivity index (χ0) is 22.7. The Hall–Kier alpha value is -2.68. The molecule has 1 atom stereocenters. The summed E-state index contributed by atoms with van der Waals surface area (Å²) in [6.45, 7) is 8.14. The molecule has 1 N–H and O–H groups in total. The number of likely N-dealkylation sites (tertiary alicyclic amines) is 1. The zero-order valence-electron chi connectivity index (χ0n) is 18.3. The van der Waals surface area contributed by atoms with Crippen LogP contribution in [0.1, 0.15) is 36.2 Å². The van der Waals surface area contributed by atoms with E-state index in [4.69, 9.17) is 16.3 Å². The molecule has 0 spiro atoms. The third-order valence-electron chi connectivity index (χ3n) is 5.75. The van der Waals surface area contributed by atoms with E-state index < -0.39 is 0 Å². The van der Waals surface area contributed by atoms with E-state index in [1.807, 2.05) is 36.6 Å². The standard InChI is InChI=1S/C23H28ClN5O3/c1-3-32-17-13-27(14-17)10-6-9-22(30)28-12-16(2)29-20(11-25-21(29)15-28)23(31)26-19-8-5-4-7-18(19)24/h4-9,11,16-17H,3,10,12-15H2,1-2H3,(H,26,31)/b9-6+/t16-/m1/s1. The lowest BCUT2D eigenvalue weighted by Gasteiger charge is -2.38. The number of ether oxygens (including phenoxy) is 1. The maximum Gasteiger partial charge on any atom is 0.273 e. The van der Waals surface area contributed by atoms with Gasteiger partial charge in [-0.3, -0.25) is 14.5 Å². The topological polar surface area (TPSA) is 79.7 Å². The molecule has 32 heavy (non-hydrogen) atoms.